The van der Waals surface area contributed by atoms with Gasteiger partial charge in [0, 0.05) is 0 Å². The average molecular weight is 363 g/mol. The number of esters is 1. The number of fused-ring (bicyclic) bond motifs is 2. The third-order valence-electron chi connectivity index (χ3n) is 5.95. The third-order valence-corrected chi connectivity index (χ3v) is 5.95. The van der Waals surface area contributed by atoms with Gasteiger partial charge >= 0.3 is 5.97 Å². The van der Waals surface area contributed by atoms with Crippen molar-refractivity contribution < 1.29 is 9.53 Å². The fraction of sp³-hybridized carbons (Fsp3) is 0.409. The molecule has 3 aromatic rings. The molecular weight excluding hydrogens is 338 g/mol. The quantitative estimate of drug-likeness (QED) is 0.627. The summed E-state index contributed by atoms with van der Waals surface area (Å²) in [5.41, 5.74) is 6.13. The molecule has 5 heteroatoms. The summed E-state index contributed by atoms with van der Waals surface area (Å²) in [6, 6.07) is 11.9. The standard InChI is InChI=1S/C22H25N3O2/c1-21(2)10-11-22(3,4)17-13-15(7-8-16(17)21)25-19-9-6-14(20(26)27-5)12-18(19)23-24-25/h6-9,12-13H,10-11H2,1-5H3. The van der Waals surface area contributed by atoms with Gasteiger partial charge < -0.3 is 4.74 Å². The first kappa shape index (κ1) is 17.7. The van der Waals surface area contributed by atoms with Crippen LogP contribution < -0.4 is 0 Å². The maximum atomic E-state index is 11.7. The highest BCUT2D eigenvalue weighted by molar-refractivity contribution is 5.93. The Morgan fingerprint density at radius 2 is 1.70 bits per heavy atom. The van der Waals surface area contributed by atoms with Gasteiger partial charge in [0.2, 0.25) is 0 Å². The van der Waals surface area contributed by atoms with Crippen molar-refractivity contribution >= 4 is 17.0 Å². The minimum absolute atomic E-state index is 0.134. The molecule has 0 radical (unpaired) electrons. The van der Waals surface area contributed by atoms with Crippen molar-refractivity contribution in [1.82, 2.24) is 15.0 Å². The highest BCUT2D eigenvalue weighted by Crippen LogP contribution is 2.46. The van der Waals surface area contributed by atoms with Gasteiger partial charge in [0.1, 0.15) is 5.52 Å². The zero-order valence-electron chi connectivity index (χ0n) is 16.5. The Hall–Kier alpha value is -2.69. The largest absolute Gasteiger partial charge is 0.465 e. The van der Waals surface area contributed by atoms with Gasteiger partial charge in [-0.3, -0.25) is 0 Å². The van der Waals surface area contributed by atoms with Gasteiger partial charge in [0.05, 0.1) is 23.9 Å². The van der Waals surface area contributed by atoms with E-state index in [4.69, 9.17) is 4.74 Å². The molecule has 0 bridgehead atoms. The molecule has 0 amide bonds. The first-order chi connectivity index (χ1) is 12.7. The van der Waals surface area contributed by atoms with Crippen LogP contribution in [0.25, 0.3) is 16.7 Å². The molecule has 0 unspecified atom stereocenters. The van der Waals surface area contributed by atoms with Crippen LogP contribution in [0.1, 0.15) is 62.0 Å². The fourth-order valence-corrected chi connectivity index (χ4v) is 4.07. The Morgan fingerprint density at radius 3 is 2.41 bits per heavy atom. The van der Waals surface area contributed by atoms with Crippen LogP contribution >= 0.6 is 0 Å². The van der Waals surface area contributed by atoms with Crippen LogP contribution in [0.5, 0.6) is 0 Å². The van der Waals surface area contributed by atoms with Crippen molar-refractivity contribution in [3.63, 3.8) is 0 Å². The summed E-state index contributed by atoms with van der Waals surface area (Å²) in [6.07, 6.45) is 2.35. The lowest BCUT2D eigenvalue weighted by atomic mass is 9.63. The maximum Gasteiger partial charge on any atom is 0.337 e. The molecule has 2 aromatic carbocycles. The van der Waals surface area contributed by atoms with Crippen molar-refractivity contribution in [2.75, 3.05) is 7.11 Å². The van der Waals surface area contributed by atoms with Crippen LogP contribution in [0.3, 0.4) is 0 Å². The van der Waals surface area contributed by atoms with Crippen molar-refractivity contribution in [3.05, 3.63) is 53.1 Å². The second-order valence-corrected chi connectivity index (χ2v) is 8.69. The Morgan fingerprint density at radius 1 is 1.00 bits per heavy atom. The van der Waals surface area contributed by atoms with Crippen LogP contribution in [0.4, 0.5) is 0 Å². The normalized spacial score (nSPS) is 17.5. The van der Waals surface area contributed by atoms with Crippen LogP contribution in [-0.4, -0.2) is 28.1 Å². The molecule has 1 aliphatic rings. The lowest BCUT2D eigenvalue weighted by Crippen LogP contribution is -2.33. The number of carbonyl (C=O) groups excluding carboxylic acids is 1. The third kappa shape index (κ3) is 2.82. The summed E-state index contributed by atoms with van der Waals surface area (Å²) in [6.45, 7) is 9.26. The van der Waals surface area contributed by atoms with Crippen molar-refractivity contribution in [3.8, 4) is 5.69 Å². The molecule has 0 aliphatic heterocycles. The van der Waals surface area contributed by atoms with E-state index in [0.29, 0.717) is 11.1 Å². The zero-order chi connectivity index (χ0) is 19.4. The number of methoxy groups -OCH3 is 1. The van der Waals surface area contributed by atoms with E-state index in [2.05, 4.69) is 56.2 Å². The van der Waals surface area contributed by atoms with E-state index in [9.17, 15) is 4.79 Å². The summed E-state index contributed by atoms with van der Waals surface area (Å²) >= 11 is 0. The van der Waals surface area contributed by atoms with Crippen molar-refractivity contribution in [2.24, 2.45) is 0 Å². The first-order valence-corrected chi connectivity index (χ1v) is 9.32. The Kier molecular flexibility index (Phi) is 3.88. The Bertz CT molecular complexity index is 1050. The molecule has 1 aromatic heterocycles. The lowest BCUT2D eigenvalue weighted by molar-refractivity contribution is 0.0601. The number of ether oxygens (including phenoxy) is 1. The molecule has 140 valence electrons. The molecule has 5 nitrogen and oxygen atoms in total. The minimum Gasteiger partial charge on any atom is -0.465 e. The monoisotopic (exact) mass is 363 g/mol. The zero-order valence-corrected chi connectivity index (χ0v) is 16.5. The predicted octanol–water partition coefficient (Wildman–Crippen LogP) is 4.56. The Labute approximate surface area is 159 Å². The van der Waals surface area contributed by atoms with Gasteiger partial charge in [-0.1, -0.05) is 39.0 Å². The molecule has 1 aliphatic carbocycles. The molecule has 4 rings (SSSR count). The average Bonchev–Trinajstić information content (AvgIpc) is 3.08. The van der Waals surface area contributed by atoms with Gasteiger partial charge in [0.15, 0.2) is 0 Å². The number of hydrogen-bond donors (Lipinski definition) is 0. The second-order valence-electron chi connectivity index (χ2n) is 8.69. The van der Waals surface area contributed by atoms with Gasteiger partial charge in [-0.2, -0.15) is 0 Å². The van der Waals surface area contributed by atoms with E-state index in [1.54, 1.807) is 12.1 Å². The highest BCUT2D eigenvalue weighted by atomic mass is 16.5. The number of nitrogens with zero attached hydrogens (tertiary/aromatic N) is 3. The van der Waals surface area contributed by atoms with Gasteiger partial charge in [-0.25, -0.2) is 9.48 Å². The second kappa shape index (κ2) is 5.91. The van der Waals surface area contributed by atoms with Crippen molar-refractivity contribution in [1.29, 1.82) is 0 Å². The lowest BCUT2D eigenvalue weighted by Gasteiger charge is -2.42. The van der Waals surface area contributed by atoms with Gasteiger partial charge in [-0.05, 0) is 65.1 Å². The molecule has 1 heterocycles. The molecule has 0 N–H and O–H groups in total. The fourth-order valence-electron chi connectivity index (χ4n) is 4.07. The summed E-state index contributed by atoms with van der Waals surface area (Å²) in [4.78, 5) is 11.7. The number of rotatable bonds is 2. The molecule has 0 spiro atoms. The SMILES string of the molecule is COC(=O)c1ccc2c(c1)nnn2-c1ccc2c(c1)C(C)(C)CCC2(C)C. The highest BCUT2D eigenvalue weighted by Gasteiger charge is 2.37. The van der Waals surface area contributed by atoms with Crippen LogP contribution in [0.15, 0.2) is 36.4 Å². The van der Waals surface area contributed by atoms with E-state index in [-0.39, 0.29) is 16.8 Å². The smallest absolute Gasteiger partial charge is 0.337 e. The van der Waals surface area contributed by atoms with Crippen LogP contribution in [-0.2, 0) is 15.6 Å². The molecular formula is C22H25N3O2. The van der Waals surface area contributed by atoms with Crippen LogP contribution in [0.2, 0.25) is 0 Å². The molecule has 0 atom stereocenters. The van der Waals surface area contributed by atoms with Gasteiger partial charge in [-0.15, -0.1) is 5.10 Å². The Balaban J connectivity index is 1.84. The molecule has 0 fully saturated rings. The molecule has 0 saturated heterocycles. The first-order valence-electron chi connectivity index (χ1n) is 9.32. The summed E-state index contributed by atoms with van der Waals surface area (Å²) in [5, 5.41) is 8.59. The number of carbonyl (C=O) groups is 1. The summed E-state index contributed by atoms with van der Waals surface area (Å²) in [5.74, 6) is -0.371. The molecule has 0 saturated carbocycles. The molecule has 27 heavy (non-hydrogen) atoms. The van der Waals surface area contributed by atoms with Crippen LogP contribution in [0, 0.1) is 0 Å². The van der Waals surface area contributed by atoms with Gasteiger partial charge in [0.25, 0.3) is 0 Å². The maximum absolute atomic E-state index is 11.7. The van der Waals surface area contributed by atoms with E-state index in [1.165, 1.54) is 24.7 Å². The topological polar surface area (TPSA) is 57.0 Å². The number of aromatic nitrogens is 3. The van der Waals surface area contributed by atoms with Crippen molar-refractivity contribution in [2.45, 2.75) is 51.4 Å². The predicted molar refractivity (Wildman–Crippen MR) is 105 cm³/mol. The number of hydrogen-bond acceptors (Lipinski definition) is 4. The summed E-state index contributed by atoms with van der Waals surface area (Å²) in [7, 11) is 1.37. The van der Waals surface area contributed by atoms with E-state index < -0.39 is 0 Å². The summed E-state index contributed by atoms with van der Waals surface area (Å²) < 4.78 is 6.63. The number of benzene rings is 2. The minimum atomic E-state index is -0.371. The van der Waals surface area contributed by atoms with E-state index >= 15 is 0 Å². The van der Waals surface area contributed by atoms with E-state index in [0.717, 1.165) is 17.6 Å². The van der Waals surface area contributed by atoms with E-state index in [1.807, 2.05) is 10.7 Å².